The Morgan fingerprint density at radius 2 is 1.66 bits per heavy atom. The van der Waals surface area contributed by atoms with E-state index in [0.29, 0.717) is 28.2 Å². The van der Waals surface area contributed by atoms with Crippen LogP contribution in [-0.4, -0.2) is 21.4 Å². The first-order valence-corrected chi connectivity index (χ1v) is 11.0. The Labute approximate surface area is 203 Å². The van der Waals surface area contributed by atoms with E-state index < -0.39 is 29.7 Å². The Morgan fingerprint density at radius 1 is 1.00 bits per heavy atom. The molecular formula is C26H20ClF3N2O3. The topological polar surface area (TPSA) is 70.8 Å². The van der Waals surface area contributed by atoms with Crippen LogP contribution in [0.3, 0.4) is 0 Å². The minimum atomic E-state index is -4.41. The highest BCUT2D eigenvalue weighted by molar-refractivity contribution is 6.31. The molecule has 4 aromatic rings. The van der Waals surface area contributed by atoms with Crippen molar-refractivity contribution in [1.29, 1.82) is 0 Å². The van der Waals surface area contributed by atoms with Crippen molar-refractivity contribution in [2.75, 3.05) is 0 Å². The second-order valence-electron chi connectivity index (χ2n) is 8.14. The van der Waals surface area contributed by atoms with E-state index in [9.17, 15) is 22.8 Å². The van der Waals surface area contributed by atoms with Gasteiger partial charge in [0.2, 0.25) is 0 Å². The van der Waals surface area contributed by atoms with Gasteiger partial charge in [0, 0.05) is 22.7 Å². The molecule has 0 aliphatic rings. The predicted molar refractivity (Wildman–Crippen MR) is 126 cm³/mol. The summed E-state index contributed by atoms with van der Waals surface area (Å²) in [7, 11) is 0. The number of benzene rings is 2. The summed E-state index contributed by atoms with van der Waals surface area (Å²) in [6.07, 6.45) is -4.10. The third-order valence-corrected chi connectivity index (χ3v) is 5.92. The van der Waals surface area contributed by atoms with Gasteiger partial charge in [-0.2, -0.15) is 13.2 Å². The van der Waals surface area contributed by atoms with Crippen LogP contribution in [0.1, 0.15) is 56.2 Å². The molecule has 180 valence electrons. The molecule has 0 fully saturated rings. The number of rotatable bonds is 6. The van der Waals surface area contributed by atoms with Crippen molar-refractivity contribution in [3.63, 3.8) is 0 Å². The van der Waals surface area contributed by atoms with Crippen LogP contribution in [0.4, 0.5) is 13.2 Å². The Balaban J connectivity index is 1.61. The summed E-state index contributed by atoms with van der Waals surface area (Å²) >= 11 is 6.24. The van der Waals surface area contributed by atoms with Crippen molar-refractivity contribution in [2.24, 2.45) is 0 Å². The summed E-state index contributed by atoms with van der Waals surface area (Å²) in [6, 6.07) is 17.5. The van der Waals surface area contributed by atoms with Crippen molar-refractivity contribution in [1.82, 2.24) is 9.72 Å². The van der Waals surface area contributed by atoms with E-state index in [-0.39, 0.29) is 11.3 Å². The number of carbonyl (C=O) groups excluding carboxylic acids is 1. The predicted octanol–water partition coefficient (Wildman–Crippen LogP) is 6.39. The van der Waals surface area contributed by atoms with Crippen LogP contribution >= 0.6 is 11.6 Å². The number of nitrogens with zero attached hydrogens (tertiary/aromatic N) is 1. The van der Waals surface area contributed by atoms with Gasteiger partial charge in [0.25, 0.3) is 5.91 Å². The maximum atomic E-state index is 13.2. The molecule has 0 radical (unpaired) electrons. The Hall–Kier alpha value is -3.78. The first-order chi connectivity index (χ1) is 16.5. The molecule has 4 rings (SSSR count). The molecule has 2 N–H and O–H groups in total. The normalized spacial score (nSPS) is 12.5. The highest BCUT2D eigenvalue weighted by atomic mass is 35.5. The SMILES string of the molecule is CC(NC(=O)c1cc(Cl)cc2ccc(Cc3ccc(C(F)(F)F)cc3)n12)c1ccc(C(=O)O)cc1. The molecule has 9 heteroatoms. The molecule has 0 aliphatic heterocycles. The number of carboxylic acids is 1. The minimum absolute atomic E-state index is 0.143. The van der Waals surface area contributed by atoms with E-state index in [0.717, 1.165) is 17.7 Å². The number of halogens is 4. The van der Waals surface area contributed by atoms with E-state index >= 15 is 0 Å². The number of nitrogens with one attached hydrogen (secondary N) is 1. The average Bonchev–Trinajstić information content (AvgIpc) is 3.20. The number of fused-ring (bicyclic) bond motifs is 1. The van der Waals surface area contributed by atoms with Crippen LogP contribution in [0.5, 0.6) is 0 Å². The average molecular weight is 501 g/mol. The van der Waals surface area contributed by atoms with Crippen molar-refractivity contribution in [3.05, 3.63) is 111 Å². The molecule has 0 spiro atoms. The maximum absolute atomic E-state index is 13.2. The van der Waals surface area contributed by atoms with Crippen LogP contribution < -0.4 is 5.32 Å². The quantitative estimate of drug-likeness (QED) is 0.322. The fourth-order valence-corrected chi connectivity index (χ4v) is 4.09. The zero-order chi connectivity index (χ0) is 25.3. The number of aromatic nitrogens is 1. The van der Waals surface area contributed by atoms with E-state index in [2.05, 4.69) is 5.32 Å². The lowest BCUT2D eigenvalue weighted by atomic mass is 10.1. The van der Waals surface area contributed by atoms with Gasteiger partial charge in [-0.3, -0.25) is 4.79 Å². The van der Waals surface area contributed by atoms with Crippen LogP contribution in [-0.2, 0) is 12.6 Å². The van der Waals surface area contributed by atoms with Gasteiger partial charge in [-0.1, -0.05) is 35.9 Å². The third-order valence-electron chi connectivity index (χ3n) is 5.70. The van der Waals surface area contributed by atoms with E-state index in [1.54, 1.807) is 41.7 Å². The Morgan fingerprint density at radius 3 is 2.26 bits per heavy atom. The summed E-state index contributed by atoms with van der Waals surface area (Å²) in [6.45, 7) is 1.77. The minimum Gasteiger partial charge on any atom is -0.478 e. The standard InChI is InChI=1S/C26H20ClF3N2O3/c1-15(17-4-6-18(7-5-17)25(34)35)31-24(33)23-14-20(27)13-22-11-10-21(32(22)23)12-16-2-8-19(9-3-16)26(28,29)30/h2-11,13-15H,12H2,1H3,(H,31,33)(H,34,35). The van der Waals surface area contributed by atoms with Gasteiger partial charge in [0.05, 0.1) is 17.2 Å². The number of hydrogen-bond donors (Lipinski definition) is 2. The summed E-state index contributed by atoms with van der Waals surface area (Å²) in [5.41, 5.74) is 2.45. The molecule has 2 aromatic heterocycles. The van der Waals surface area contributed by atoms with Gasteiger partial charge in [-0.05, 0) is 66.6 Å². The fraction of sp³-hybridized carbons (Fsp3) is 0.154. The number of pyridine rings is 1. The van der Waals surface area contributed by atoms with Gasteiger partial charge in [-0.15, -0.1) is 0 Å². The Kier molecular flexibility index (Phi) is 6.58. The number of carboxylic acid groups (broad SMARTS) is 1. The summed E-state index contributed by atoms with van der Waals surface area (Å²) in [5.74, 6) is -1.44. The molecule has 2 aromatic carbocycles. The number of amides is 1. The van der Waals surface area contributed by atoms with Crippen molar-refractivity contribution >= 4 is 29.0 Å². The monoisotopic (exact) mass is 500 g/mol. The van der Waals surface area contributed by atoms with Crippen molar-refractivity contribution < 1.29 is 27.9 Å². The maximum Gasteiger partial charge on any atom is 0.416 e. The fourth-order valence-electron chi connectivity index (χ4n) is 3.88. The zero-order valence-corrected chi connectivity index (χ0v) is 19.2. The number of aromatic carboxylic acids is 1. The first kappa shape index (κ1) is 24.3. The van der Waals surface area contributed by atoms with Gasteiger partial charge < -0.3 is 14.8 Å². The third kappa shape index (κ3) is 5.33. The lowest BCUT2D eigenvalue weighted by molar-refractivity contribution is -0.137. The van der Waals surface area contributed by atoms with E-state index in [4.69, 9.17) is 16.7 Å². The van der Waals surface area contributed by atoms with Crippen LogP contribution in [0.2, 0.25) is 5.02 Å². The largest absolute Gasteiger partial charge is 0.478 e. The molecule has 0 saturated heterocycles. The zero-order valence-electron chi connectivity index (χ0n) is 18.4. The lowest BCUT2D eigenvalue weighted by Crippen LogP contribution is -2.28. The smallest absolute Gasteiger partial charge is 0.416 e. The van der Waals surface area contributed by atoms with Crippen LogP contribution in [0.15, 0.2) is 72.8 Å². The van der Waals surface area contributed by atoms with Gasteiger partial charge >= 0.3 is 12.1 Å². The molecule has 0 bridgehead atoms. The van der Waals surface area contributed by atoms with Gasteiger partial charge in [0.15, 0.2) is 0 Å². The van der Waals surface area contributed by atoms with Gasteiger partial charge in [0.1, 0.15) is 5.69 Å². The Bertz CT molecular complexity index is 1390. The van der Waals surface area contributed by atoms with Crippen molar-refractivity contribution in [2.45, 2.75) is 25.6 Å². The highest BCUT2D eigenvalue weighted by Gasteiger charge is 2.30. The molecule has 0 saturated carbocycles. The molecule has 0 aliphatic carbocycles. The molecule has 35 heavy (non-hydrogen) atoms. The number of carbonyl (C=O) groups is 2. The highest BCUT2D eigenvalue weighted by Crippen LogP contribution is 2.30. The molecule has 1 unspecified atom stereocenters. The number of hydrogen-bond acceptors (Lipinski definition) is 2. The first-order valence-electron chi connectivity index (χ1n) is 10.6. The molecule has 1 atom stereocenters. The van der Waals surface area contributed by atoms with E-state index in [1.807, 2.05) is 0 Å². The van der Waals surface area contributed by atoms with Crippen LogP contribution in [0.25, 0.3) is 5.52 Å². The molecular weight excluding hydrogens is 481 g/mol. The molecule has 5 nitrogen and oxygen atoms in total. The molecule has 1 amide bonds. The van der Waals surface area contributed by atoms with Gasteiger partial charge in [-0.25, -0.2) is 4.79 Å². The van der Waals surface area contributed by atoms with E-state index in [1.165, 1.54) is 30.3 Å². The molecule has 2 heterocycles. The van der Waals surface area contributed by atoms with Crippen molar-refractivity contribution in [3.8, 4) is 0 Å². The summed E-state index contributed by atoms with van der Waals surface area (Å²) < 4.78 is 40.4. The summed E-state index contributed by atoms with van der Waals surface area (Å²) in [5, 5.41) is 12.3. The summed E-state index contributed by atoms with van der Waals surface area (Å²) in [4.78, 5) is 24.3. The van der Waals surface area contributed by atoms with Crippen LogP contribution in [0, 0.1) is 0 Å². The lowest BCUT2D eigenvalue weighted by Gasteiger charge is -2.17. The second kappa shape index (κ2) is 9.46. The number of alkyl halides is 3. The second-order valence-corrected chi connectivity index (χ2v) is 8.57.